The van der Waals surface area contributed by atoms with Crippen LogP contribution in [-0.2, 0) is 10.2 Å². The van der Waals surface area contributed by atoms with Crippen molar-refractivity contribution in [3.8, 4) is 6.07 Å². The molecular weight excluding hydrogens is 338 g/mol. The van der Waals surface area contributed by atoms with Crippen LogP contribution in [0.3, 0.4) is 0 Å². The normalized spacial score (nSPS) is 19.3. The molecule has 2 heterocycles. The van der Waals surface area contributed by atoms with E-state index in [-0.39, 0.29) is 11.7 Å². The summed E-state index contributed by atoms with van der Waals surface area (Å²) in [6.07, 6.45) is 0.363. The summed E-state index contributed by atoms with van der Waals surface area (Å²) in [6.45, 7) is 5.35. The summed E-state index contributed by atoms with van der Waals surface area (Å²) in [6, 6.07) is 3.62. The Labute approximate surface area is 131 Å². The molecule has 1 aliphatic rings. The van der Waals surface area contributed by atoms with Gasteiger partial charge >= 0.3 is 0 Å². The minimum atomic E-state index is -1.06. The third-order valence-electron chi connectivity index (χ3n) is 3.40. The molecule has 7 heteroatoms. The molecule has 1 unspecified atom stereocenters. The Kier molecular flexibility index (Phi) is 4.21. The van der Waals surface area contributed by atoms with Gasteiger partial charge in [-0.15, -0.1) is 0 Å². The molecule has 112 valence electrons. The molecule has 2 rings (SSSR count). The number of halogens is 1. The quantitative estimate of drug-likeness (QED) is 0.898. The third-order valence-corrected chi connectivity index (χ3v) is 4.25. The van der Waals surface area contributed by atoms with Crippen LogP contribution in [0.15, 0.2) is 20.6 Å². The Balaban J connectivity index is 2.33. The van der Waals surface area contributed by atoms with E-state index in [1.807, 2.05) is 6.92 Å². The molecule has 1 atom stereocenters. The number of aliphatic hydroxyl groups is 1. The Morgan fingerprint density at radius 2 is 2.29 bits per heavy atom. The molecule has 1 aromatic rings. The zero-order valence-electron chi connectivity index (χ0n) is 12.1. The molecule has 1 aromatic heterocycles. The molecule has 0 saturated heterocycles. The van der Waals surface area contributed by atoms with E-state index < -0.39 is 11.6 Å². The van der Waals surface area contributed by atoms with E-state index in [1.54, 1.807) is 13.8 Å². The number of hydrogen-bond acceptors (Lipinski definition) is 5. The summed E-state index contributed by atoms with van der Waals surface area (Å²) in [5.41, 5.74) is -0.220. The van der Waals surface area contributed by atoms with Gasteiger partial charge in [-0.3, -0.25) is 9.69 Å². The van der Waals surface area contributed by atoms with Crippen molar-refractivity contribution < 1.29 is 14.4 Å². The van der Waals surface area contributed by atoms with Crippen LogP contribution in [0.1, 0.15) is 39.4 Å². The number of rotatable bonds is 4. The van der Waals surface area contributed by atoms with Crippen LogP contribution in [0.2, 0.25) is 0 Å². The fraction of sp³-hybridized carbons (Fsp3) is 0.500. The zero-order chi connectivity index (χ0) is 15.8. The maximum Gasteiger partial charge on any atom is 0.269 e. The smallest absolute Gasteiger partial charge is 0.269 e. The highest BCUT2D eigenvalue weighted by molar-refractivity contribution is 9.12. The number of amides is 1. The summed E-state index contributed by atoms with van der Waals surface area (Å²) < 4.78 is 5.51. The summed E-state index contributed by atoms with van der Waals surface area (Å²) in [4.78, 5) is 13.4. The van der Waals surface area contributed by atoms with Gasteiger partial charge in [-0.2, -0.15) is 5.26 Å². The lowest BCUT2D eigenvalue weighted by Crippen LogP contribution is -2.35. The van der Waals surface area contributed by atoms with E-state index in [1.165, 1.54) is 6.07 Å². The van der Waals surface area contributed by atoms with Crippen molar-refractivity contribution in [2.24, 2.45) is 0 Å². The molecule has 0 saturated carbocycles. The molecule has 0 radical (unpaired) electrons. The van der Waals surface area contributed by atoms with E-state index in [9.17, 15) is 9.90 Å². The van der Waals surface area contributed by atoms with Crippen LogP contribution in [0.5, 0.6) is 0 Å². The molecular formula is C14H16BrN3O3. The first-order chi connectivity index (χ1) is 9.83. The van der Waals surface area contributed by atoms with Gasteiger partial charge in [0.05, 0.1) is 10.6 Å². The molecule has 1 aliphatic heterocycles. The first-order valence-corrected chi connectivity index (χ1v) is 7.41. The molecule has 0 fully saturated rings. The average Bonchev–Trinajstić information content (AvgIpc) is 3.00. The van der Waals surface area contributed by atoms with Crippen LogP contribution in [0.4, 0.5) is 5.82 Å². The predicted molar refractivity (Wildman–Crippen MR) is 79.5 cm³/mol. The van der Waals surface area contributed by atoms with Crippen LogP contribution in [-0.4, -0.2) is 22.4 Å². The third kappa shape index (κ3) is 2.61. The number of nitrogens with zero attached hydrogens (tertiary/aromatic N) is 3. The van der Waals surface area contributed by atoms with E-state index in [4.69, 9.17) is 9.78 Å². The predicted octanol–water partition coefficient (Wildman–Crippen LogP) is 2.59. The fourth-order valence-corrected chi connectivity index (χ4v) is 2.68. The van der Waals surface area contributed by atoms with Crippen molar-refractivity contribution in [3.63, 3.8) is 0 Å². The molecule has 0 bridgehead atoms. The summed E-state index contributed by atoms with van der Waals surface area (Å²) >= 11 is 3.23. The lowest BCUT2D eigenvalue weighted by molar-refractivity contribution is -0.115. The van der Waals surface area contributed by atoms with Gasteiger partial charge in [0, 0.05) is 6.07 Å². The summed E-state index contributed by atoms with van der Waals surface area (Å²) in [5, 5.41) is 23.2. The zero-order valence-corrected chi connectivity index (χ0v) is 13.6. The highest BCUT2D eigenvalue weighted by Crippen LogP contribution is 2.36. The van der Waals surface area contributed by atoms with Gasteiger partial charge < -0.3 is 9.63 Å². The standard InChI is InChI=1S/C14H16BrN3O3/c1-4-5-8-11(15)13(20)18(12(8)19)10-6-9(21-17-10)14(2,3)7-16/h6,12,19H,4-5H2,1-3H3. The lowest BCUT2D eigenvalue weighted by Gasteiger charge is -2.19. The van der Waals surface area contributed by atoms with Crippen molar-refractivity contribution in [2.45, 2.75) is 45.3 Å². The van der Waals surface area contributed by atoms with Crippen molar-refractivity contribution in [2.75, 3.05) is 4.90 Å². The Hall–Kier alpha value is -1.65. The second-order valence-electron chi connectivity index (χ2n) is 5.42. The lowest BCUT2D eigenvalue weighted by atomic mass is 9.92. The summed E-state index contributed by atoms with van der Waals surface area (Å²) in [5.74, 6) is 0.189. The molecule has 21 heavy (non-hydrogen) atoms. The maximum atomic E-state index is 12.2. The van der Waals surface area contributed by atoms with Crippen molar-refractivity contribution in [1.82, 2.24) is 5.16 Å². The second kappa shape index (κ2) is 5.62. The van der Waals surface area contributed by atoms with Crippen molar-refractivity contribution in [1.29, 1.82) is 5.26 Å². The number of aliphatic hydroxyl groups excluding tert-OH is 1. The van der Waals surface area contributed by atoms with E-state index in [0.29, 0.717) is 22.2 Å². The first-order valence-electron chi connectivity index (χ1n) is 6.62. The van der Waals surface area contributed by atoms with Crippen molar-refractivity contribution in [3.05, 3.63) is 21.9 Å². The Bertz CT molecular complexity index is 642. The highest BCUT2D eigenvalue weighted by Gasteiger charge is 2.39. The number of aromatic nitrogens is 1. The number of anilines is 1. The van der Waals surface area contributed by atoms with Crippen molar-refractivity contribution >= 4 is 27.7 Å². The van der Waals surface area contributed by atoms with Gasteiger partial charge in [0.2, 0.25) is 0 Å². The Morgan fingerprint density at radius 1 is 1.62 bits per heavy atom. The van der Waals surface area contributed by atoms with Gasteiger partial charge in [0.25, 0.3) is 5.91 Å². The van der Waals surface area contributed by atoms with Crippen LogP contribution in [0, 0.1) is 11.3 Å². The summed E-state index contributed by atoms with van der Waals surface area (Å²) in [7, 11) is 0. The number of carbonyl (C=O) groups is 1. The van der Waals surface area contributed by atoms with E-state index in [2.05, 4.69) is 27.2 Å². The molecule has 0 aromatic carbocycles. The largest absolute Gasteiger partial charge is 0.369 e. The van der Waals surface area contributed by atoms with Gasteiger partial charge in [0.15, 0.2) is 17.8 Å². The Morgan fingerprint density at radius 3 is 2.86 bits per heavy atom. The van der Waals surface area contributed by atoms with Gasteiger partial charge in [-0.25, -0.2) is 0 Å². The minimum Gasteiger partial charge on any atom is -0.369 e. The molecule has 1 N–H and O–H groups in total. The van der Waals surface area contributed by atoms with Gasteiger partial charge in [-0.05, 0) is 41.8 Å². The topological polar surface area (TPSA) is 90.4 Å². The molecule has 0 spiro atoms. The first kappa shape index (κ1) is 15.7. The van der Waals surface area contributed by atoms with Crippen LogP contribution >= 0.6 is 15.9 Å². The minimum absolute atomic E-state index is 0.203. The molecule has 0 aliphatic carbocycles. The van der Waals surface area contributed by atoms with Crippen LogP contribution < -0.4 is 4.90 Å². The van der Waals surface area contributed by atoms with Gasteiger partial charge in [0.1, 0.15) is 5.41 Å². The molecule has 1 amide bonds. The number of hydrogen-bond donors (Lipinski definition) is 1. The molecule has 6 nitrogen and oxygen atoms in total. The second-order valence-corrected chi connectivity index (χ2v) is 6.22. The highest BCUT2D eigenvalue weighted by atomic mass is 79.9. The maximum absolute atomic E-state index is 12.2. The SMILES string of the molecule is CCCC1=C(Br)C(=O)N(c2cc(C(C)(C)C#N)on2)C1O. The van der Waals surface area contributed by atoms with Gasteiger partial charge in [-0.1, -0.05) is 18.5 Å². The number of carbonyl (C=O) groups excluding carboxylic acids is 1. The fourth-order valence-electron chi connectivity index (χ4n) is 2.09. The average molecular weight is 354 g/mol. The van der Waals surface area contributed by atoms with E-state index >= 15 is 0 Å². The van der Waals surface area contributed by atoms with E-state index in [0.717, 1.165) is 11.3 Å². The monoisotopic (exact) mass is 353 g/mol. The number of nitriles is 1. The van der Waals surface area contributed by atoms with Crippen LogP contribution in [0.25, 0.3) is 0 Å².